The van der Waals surface area contributed by atoms with Crippen molar-refractivity contribution in [1.29, 1.82) is 0 Å². The van der Waals surface area contributed by atoms with Crippen LogP contribution in [0.2, 0.25) is 10.0 Å². The van der Waals surface area contributed by atoms with Gasteiger partial charge in [0.05, 0.1) is 38.7 Å². The van der Waals surface area contributed by atoms with Gasteiger partial charge in [-0.05, 0) is 60.4 Å². The Morgan fingerprint density at radius 3 is 2.25 bits per heavy atom. The largest absolute Gasteiger partial charge is 0.505 e. The molecule has 11 heteroatoms. The van der Waals surface area contributed by atoms with Gasteiger partial charge in [-0.25, -0.2) is 9.78 Å². The highest BCUT2D eigenvalue weighted by atomic mass is 35.5. The quantitative estimate of drug-likeness (QED) is 0.224. The topological polar surface area (TPSA) is 119 Å². The number of anilines is 3. The summed E-state index contributed by atoms with van der Waals surface area (Å²) in [6.07, 6.45) is 4.16. The van der Waals surface area contributed by atoms with Crippen LogP contribution in [0.3, 0.4) is 0 Å². The fourth-order valence-electron chi connectivity index (χ4n) is 4.91. The lowest BCUT2D eigenvalue weighted by Gasteiger charge is -2.33. The molecule has 3 heterocycles. The summed E-state index contributed by atoms with van der Waals surface area (Å²) in [5.74, 6) is 0.642. The summed E-state index contributed by atoms with van der Waals surface area (Å²) in [6, 6.07) is 12.8. The van der Waals surface area contributed by atoms with Gasteiger partial charge in [0.2, 0.25) is 0 Å². The molecule has 0 unspecified atom stereocenters. The van der Waals surface area contributed by atoms with Crippen molar-refractivity contribution in [3.05, 3.63) is 70.5 Å². The van der Waals surface area contributed by atoms with Crippen molar-refractivity contribution in [3.63, 3.8) is 0 Å². The van der Waals surface area contributed by atoms with E-state index in [0.717, 1.165) is 29.6 Å². The van der Waals surface area contributed by atoms with Gasteiger partial charge in [-0.3, -0.25) is 9.78 Å². The fourth-order valence-corrected chi connectivity index (χ4v) is 5.40. The first-order valence-corrected chi connectivity index (χ1v) is 13.7. The zero-order valence-electron chi connectivity index (χ0n) is 21.3. The second-order valence-corrected chi connectivity index (χ2v) is 10.8. The third kappa shape index (κ3) is 5.10. The zero-order chi connectivity index (χ0) is 28.0. The molecule has 1 aliphatic heterocycles. The molecule has 40 heavy (non-hydrogen) atoms. The van der Waals surface area contributed by atoms with Crippen LogP contribution in [0.5, 0.6) is 5.75 Å². The summed E-state index contributed by atoms with van der Waals surface area (Å²) in [6.45, 7) is 1.98. The Bertz CT molecular complexity index is 1610. The van der Waals surface area contributed by atoms with Crippen LogP contribution >= 0.6 is 23.2 Å². The molecule has 0 radical (unpaired) electrons. The Balaban J connectivity index is 1.35. The SMILES string of the molecule is O=C(c1cnc2ccc(-c3cc(Cl)c(O)c(Cl)c3)cc2c1Nc1ccc(N2CCN(C(=O)O)CC2)nc1)C1CC1. The number of fused-ring (bicyclic) bond motifs is 1. The first-order chi connectivity index (χ1) is 19.3. The Hall–Kier alpha value is -4.08. The van der Waals surface area contributed by atoms with E-state index < -0.39 is 6.09 Å². The number of aromatic nitrogens is 2. The molecule has 204 valence electrons. The number of carbonyl (C=O) groups excluding carboxylic acids is 1. The highest BCUT2D eigenvalue weighted by Crippen LogP contribution is 2.40. The Morgan fingerprint density at radius 1 is 0.900 bits per heavy atom. The number of carboxylic acid groups (broad SMARTS) is 1. The molecule has 0 spiro atoms. The number of aromatic hydroxyl groups is 1. The number of halogens is 2. The average Bonchev–Trinajstić information content (AvgIpc) is 3.81. The predicted molar refractivity (Wildman–Crippen MR) is 155 cm³/mol. The molecule has 0 atom stereocenters. The van der Waals surface area contributed by atoms with Crippen molar-refractivity contribution >= 4 is 63.2 Å². The van der Waals surface area contributed by atoms with Crippen LogP contribution < -0.4 is 10.2 Å². The minimum atomic E-state index is -0.909. The predicted octanol–water partition coefficient (Wildman–Crippen LogP) is 6.45. The van der Waals surface area contributed by atoms with E-state index in [1.54, 1.807) is 24.5 Å². The third-order valence-electron chi connectivity index (χ3n) is 7.32. The zero-order valence-corrected chi connectivity index (χ0v) is 22.8. The minimum Gasteiger partial charge on any atom is -0.505 e. The molecule has 4 aromatic rings. The van der Waals surface area contributed by atoms with Gasteiger partial charge in [-0.2, -0.15) is 0 Å². The van der Waals surface area contributed by atoms with Gasteiger partial charge in [0.1, 0.15) is 5.82 Å². The van der Waals surface area contributed by atoms with Crippen LogP contribution in [0, 0.1) is 5.92 Å². The van der Waals surface area contributed by atoms with E-state index in [1.165, 1.54) is 4.90 Å². The molecule has 0 bridgehead atoms. The molecule has 2 aliphatic rings. The monoisotopic (exact) mass is 577 g/mol. The molecule has 2 aromatic carbocycles. The summed E-state index contributed by atoms with van der Waals surface area (Å²) in [4.78, 5) is 37.1. The second-order valence-electron chi connectivity index (χ2n) is 9.99. The Kier molecular flexibility index (Phi) is 6.85. The lowest BCUT2D eigenvalue weighted by molar-refractivity contribution is 0.0968. The number of ketones is 1. The van der Waals surface area contributed by atoms with Crippen molar-refractivity contribution in [1.82, 2.24) is 14.9 Å². The first kappa shape index (κ1) is 26.2. The molecule has 1 amide bonds. The number of nitrogens with zero attached hydrogens (tertiary/aromatic N) is 4. The molecule has 6 rings (SSSR count). The molecule has 1 saturated carbocycles. The van der Waals surface area contributed by atoms with Gasteiger partial charge < -0.3 is 25.3 Å². The van der Waals surface area contributed by atoms with Crippen LogP contribution in [-0.2, 0) is 0 Å². The van der Waals surface area contributed by atoms with E-state index in [2.05, 4.69) is 15.3 Å². The standard InChI is InChI=1S/C29H25Cl2N5O4/c30-22-12-18(13-23(31)28(22)38)17-3-5-24-20(11-17)26(21(15-32-24)27(37)16-1-2-16)34-19-4-6-25(33-14-19)35-7-9-36(10-8-35)29(39)40/h3-6,11-16,38H,1-2,7-10H2,(H,32,34)(H,39,40). The van der Waals surface area contributed by atoms with Gasteiger partial charge in [0.15, 0.2) is 11.5 Å². The van der Waals surface area contributed by atoms with E-state index in [4.69, 9.17) is 23.2 Å². The van der Waals surface area contributed by atoms with E-state index >= 15 is 0 Å². The molecule has 1 aliphatic carbocycles. The number of rotatable bonds is 6. The van der Waals surface area contributed by atoms with Gasteiger partial charge in [0.25, 0.3) is 0 Å². The van der Waals surface area contributed by atoms with Crippen LogP contribution in [0.25, 0.3) is 22.0 Å². The second kappa shape index (κ2) is 10.5. The Labute approximate surface area is 240 Å². The molecule has 3 N–H and O–H groups in total. The summed E-state index contributed by atoms with van der Waals surface area (Å²) >= 11 is 12.4. The van der Waals surface area contributed by atoms with Crippen LogP contribution in [0.15, 0.2) is 54.9 Å². The summed E-state index contributed by atoms with van der Waals surface area (Å²) < 4.78 is 0. The summed E-state index contributed by atoms with van der Waals surface area (Å²) in [7, 11) is 0. The van der Waals surface area contributed by atoms with Crippen LogP contribution in [-0.4, -0.2) is 63.1 Å². The molecule has 9 nitrogen and oxygen atoms in total. The van der Waals surface area contributed by atoms with Gasteiger partial charge in [-0.1, -0.05) is 29.3 Å². The maximum Gasteiger partial charge on any atom is 0.407 e. The van der Waals surface area contributed by atoms with Crippen molar-refractivity contribution in [2.45, 2.75) is 12.8 Å². The van der Waals surface area contributed by atoms with Gasteiger partial charge in [-0.15, -0.1) is 0 Å². The smallest absolute Gasteiger partial charge is 0.407 e. The first-order valence-electron chi connectivity index (χ1n) is 12.9. The highest BCUT2D eigenvalue weighted by molar-refractivity contribution is 6.37. The van der Waals surface area contributed by atoms with E-state index in [9.17, 15) is 19.8 Å². The molecule has 2 aromatic heterocycles. The number of amides is 1. The van der Waals surface area contributed by atoms with E-state index in [-0.39, 0.29) is 27.5 Å². The highest BCUT2D eigenvalue weighted by Gasteiger charge is 2.32. The van der Waals surface area contributed by atoms with Gasteiger partial charge in [0, 0.05) is 43.7 Å². The number of hydrogen-bond acceptors (Lipinski definition) is 7. The summed E-state index contributed by atoms with van der Waals surface area (Å²) in [5, 5.41) is 23.7. The lowest BCUT2D eigenvalue weighted by atomic mass is 9.99. The number of benzene rings is 2. The van der Waals surface area contributed by atoms with E-state index in [0.29, 0.717) is 54.2 Å². The number of phenols is 1. The normalized spacial score (nSPS) is 15.3. The lowest BCUT2D eigenvalue weighted by Crippen LogP contribution is -2.48. The third-order valence-corrected chi connectivity index (χ3v) is 7.90. The van der Waals surface area contributed by atoms with Crippen molar-refractivity contribution < 1.29 is 19.8 Å². The molecule has 2 fully saturated rings. The van der Waals surface area contributed by atoms with Crippen molar-refractivity contribution in [2.24, 2.45) is 5.92 Å². The average molecular weight is 578 g/mol. The number of pyridine rings is 2. The van der Waals surface area contributed by atoms with Crippen LogP contribution in [0.1, 0.15) is 23.2 Å². The molecular weight excluding hydrogens is 553 g/mol. The van der Waals surface area contributed by atoms with Crippen molar-refractivity contribution in [3.8, 4) is 16.9 Å². The number of carbonyl (C=O) groups is 2. The number of Topliss-reactive ketones (excluding diaryl/α,β-unsaturated/α-hetero) is 1. The van der Waals surface area contributed by atoms with Gasteiger partial charge >= 0.3 is 6.09 Å². The number of piperazine rings is 1. The maximum absolute atomic E-state index is 13.3. The Morgan fingerprint density at radius 2 is 1.62 bits per heavy atom. The fraction of sp³-hybridized carbons (Fsp3) is 0.241. The number of nitrogens with one attached hydrogen (secondary N) is 1. The maximum atomic E-state index is 13.3. The van der Waals surface area contributed by atoms with Crippen molar-refractivity contribution in [2.75, 3.05) is 36.4 Å². The number of phenolic OH excluding ortho intramolecular Hbond substituents is 1. The summed E-state index contributed by atoms with van der Waals surface area (Å²) in [5.41, 5.74) is 4.08. The molecular formula is C29H25Cl2N5O4. The minimum absolute atomic E-state index is 0.00247. The van der Waals surface area contributed by atoms with E-state index in [1.807, 2.05) is 35.2 Å². The van der Waals surface area contributed by atoms with Crippen LogP contribution in [0.4, 0.5) is 22.0 Å². The molecule has 1 saturated heterocycles. The number of hydrogen-bond donors (Lipinski definition) is 3.